The van der Waals surface area contributed by atoms with Gasteiger partial charge in [0.05, 0.1) is 7.11 Å². The van der Waals surface area contributed by atoms with Gasteiger partial charge < -0.3 is 15.0 Å². The van der Waals surface area contributed by atoms with E-state index in [1.165, 1.54) is 11.1 Å². The zero-order valence-electron chi connectivity index (χ0n) is 16.1. The predicted molar refractivity (Wildman–Crippen MR) is 111 cm³/mol. The van der Waals surface area contributed by atoms with Crippen molar-refractivity contribution in [2.24, 2.45) is 0 Å². The number of aryl methyl sites for hydroxylation is 1. The number of nitrogens with one attached hydrogen (secondary N) is 1. The highest BCUT2D eigenvalue weighted by Gasteiger charge is 2.08. The summed E-state index contributed by atoms with van der Waals surface area (Å²) in [4.78, 5) is 11.3. The molecule has 140 valence electrons. The van der Waals surface area contributed by atoms with E-state index < -0.39 is 0 Å². The second-order valence-electron chi connectivity index (χ2n) is 6.56. The topological polar surface area (TPSA) is 50.3 Å². The van der Waals surface area contributed by atoms with Gasteiger partial charge in [-0.05, 0) is 36.6 Å². The molecule has 5 nitrogen and oxygen atoms in total. The van der Waals surface area contributed by atoms with Crippen molar-refractivity contribution in [3.8, 4) is 5.75 Å². The maximum Gasteiger partial charge on any atom is 0.227 e. The van der Waals surface area contributed by atoms with Gasteiger partial charge in [-0.25, -0.2) is 4.98 Å². The summed E-state index contributed by atoms with van der Waals surface area (Å²) in [6, 6.07) is 20.5. The lowest BCUT2D eigenvalue weighted by molar-refractivity contribution is 0.414. The first-order valence-corrected chi connectivity index (χ1v) is 9.11. The Bertz CT molecular complexity index is 867. The molecule has 0 amide bonds. The highest BCUT2D eigenvalue weighted by Crippen LogP contribution is 2.16. The van der Waals surface area contributed by atoms with Gasteiger partial charge in [-0.15, -0.1) is 0 Å². The molecule has 0 atom stereocenters. The molecule has 0 radical (unpaired) electrons. The van der Waals surface area contributed by atoms with Crippen LogP contribution in [0.5, 0.6) is 5.75 Å². The molecule has 3 rings (SSSR count). The van der Waals surface area contributed by atoms with E-state index in [2.05, 4.69) is 44.5 Å². The Labute approximate surface area is 161 Å². The summed E-state index contributed by atoms with van der Waals surface area (Å²) in [5, 5.41) is 3.41. The van der Waals surface area contributed by atoms with Crippen LogP contribution in [0.15, 0.2) is 60.7 Å². The minimum atomic E-state index is 0.725. The smallest absolute Gasteiger partial charge is 0.227 e. The number of methoxy groups -OCH3 is 1. The maximum atomic E-state index is 5.28. The van der Waals surface area contributed by atoms with Gasteiger partial charge in [-0.2, -0.15) is 4.98 Å². The molecule has 5 heteroatoms. The van der Waals surface area contributed by atoms with Gasteiger partial charge in [0.15, 0.2) is 0 Å². The van der Waals surface area contributed by atoms with Gasteiger partial charge in [-0.3, -0.25) is 0 Å². The lowest BCUT2D eigenvalue weighted by atomic mass is 10.1. The van der Waals surface area contributed by atoms with Crippen LogP contribution in [-0.4, -0.2) is 30.7 Å². The molecule has 0 unspecified atom stereocenters. The Morgan fingerprint density at radius 3 is 2.52 bits per heavy atom. The first kappa shape index (κ1) is 18.7. The molecule has 0 aliphatic carbocycles. The normalized spacial score (nSPS) is 10.5. The molecule has 0 aliphatic heterocycles. The quantitative estimate of drug-likeness (QED) is 0.654. The van der Waals surface area contributed by atoms with Crippen LogP contribution in [-0.2, 0) is 13.0 Å². The fraction of sp³-hybridized carbons (Fsp3) is 0.273. The van der Waals surface area contributed by atoms with Crippen molar-refractivity contribution in [2.45, 2.75) is 19.9 Å². The van der Waals surface area contributed by atoms with Crippen LogP contribution in [0.2, 0.25) is 0 Å². The number of hydrogen-bond donors (Lipinski definition) is 1. The Balaban J connectivity index is 1.62. The third-order valence-corrected chi connectivity index (χ3v) is 4.30. The number of anilines is 2. The van der Waals surface area contributed by atoms with Crippen LogP contribution in [0.4, 0.5) is 11.8 Å². The standard InChI is InChI=1S/C22H26N4O/c1-17-14-21(23-13-12-18-10-7-11-20(15-18)27-3)25-22(24-17)26(2)16-19-8-5-4-6-9-19/h4-11,14-15H,12-13,16H2,1-3H3,(H,23,24,25). The van der Waals surface area contributed by atoms with E-state index in [1.54, 1.807) is 7.11 Å². The van der Waals surface area contributed by atoms with Crippen LogP contribution in [0.1, 0.15) is 16.8 Å². The van der Waals surface area contributed by atoms with E-state index in [9.17, 15) is 0 Å². The van der Waals surface area contributed by atoms with Gasteiger partial charge in [0.25, 0.3) is 0 Å². The van der Waals surface area contributed by atoms with Crippen molar-refractivity contribution < 1.29 is 4.74 Å². The van der Waals surface area contributed by atoms with Gasteiger partial charge in [-0.1, -0.05) is 42.5 Å². The van der Waals surface area contributed by atoms with Crippen LogP contribution in [0.25, 0.3) is 0 Å². The van der Waals surface area contributed by atoms with E-state index in [4.69, 9.17) is 4.74 Å². The number of aromatic nitrogens is 2. The molecular formula is C22H26N4O. The second kappa shape index (κ2) is 9.03. The highest BCUT2D eigenvalue weighted by atomic mass is 16.5. The number of nitrogens with zero attached hydrogens (tertiary/aromatic N) is 3. The molecule has 1 heterocycles. The summed E-state index contributed by atoms with van der Waals surface area (Å²) < 4.78 is 5.28. The minimum Gasteiger partial charge on any atom is -0.497 e. The first-order chi connectivity index (χ1) is 13.1. The third-order valence-electron chi connectivity index (χ3n) is 4.30. The van der Waals surface area contributed by atoms with Crippen LogP contribution in [0, 0.1) is 6.92 Å². The van der Waals surface area contributed by atoms with E-state index in [0.29, 0.717) is 0 Å². The fourth-order valence-corrected chi connectivity index (χ4v) is 2.91. The Morgan fingerprint density at radius 2 is 1.74 bits per heavy atom. The second-order valence-corrected chi connectivity index (χ2v) is 6.56. The van der Waals surface area contributed by atoms with E-state index >= 15 is 0 Å². The van der Waals surface area contributed by atoms with Crippen molar-refractivity contribution in [1.82, 2.24) is 9.97 Å². The molecule has 0 saturated carbocycles. The molecule has 0 spiro atoms. The molecule has 1 N–H and O–H groups in total. The number of hydrogen-bond acceptors (Lipinski definition) is 5. The molecule has 0 aliphatic rings. The van der Waals surface area contributed by atoms with Crippen molar-refractivity contribution >= 4 is 11.8 Å². The molecule has 0 bridgehead atoms. The highest BCUT2D eigenvalue weighted by molar-refractivity contribution is 5.44. The summed E-state index contributed by atoms with van der Waals surface area (Å²) in [5.41, 5.74) is 3.41. The first-order valence-electron chi connectivity index (χ1n) is 9.11. The average molecular weight is 362 g/mol. The lowest BCUT2D eigenvalue weighted by Crippen LogP contribution is -2.20. The summed E-state index contributed by atoms with van der Waals surface area (Å²) in [7, 11) is 3.70. The van der Waals surface area contributed by atoms with Crippen LogP contribution < -0.4 is 15.0 Å². The average Bonchev–Trinajstić information content (AvgIpc) is 2.68. The monoisotopic (exact) mass is 362 g/mol. The van der Waals surface area contributed by atoms with Gasteiger partial charge >= 0.3 is 0 Å². The summed E-state index contributed by atoms with van der Waals surface area (Å²) in [6.07, 6.45) is 0.898. The molecule has 1 aromatic heterocycles. The minimum absolute atomic E-state index is 0.725. The maximum absolute atomic E-state index is 5.28. The molecule has 0 saturated heterocycles. The largest absolute Gasteiger partial charge is 0.497 e. The lowest BCUT2D eigenvalue weighted by Gasteiger charge is -2.18. The fourth-order valence-electron chi connectivity index (χ4n) is 2.91. The van der Waals surface area contributed by atoms with Crippen molar-refractivity contribution in [3.63, 3.8) is 0 Å². The predicted octanol–water partition coefficient (Wildman–Crippen LogP) is 4.08. The molecule has 2 aromatic carbocycles. The Morgan fingerprint density at radius 1 is 0.963 bits per heavy atom. The molecule has 0 fully saturated rings. The van der Waals surface area contributed by atoms with Crippen LogP contribution >= 0.6 is 0 Å². The molecular weight excluding hydrogens is 336 g/mol. The van der Waals surface area contributed by atoms with Crippen molar-refractivity contribution in [1.29, 1.82) is 0 Å². The number of rotatable bonds is 8. The molecule has 3 aromatic rings. The van der Waals surface area contributed by atoms with Crippen molar-refractivity contribution in [2.75, 3.05) is 30.9 Å². The zero-order valence-corrected chi connectivity index (χ0v) is 16.1. The van der Waals surface area contributed by atoms with Crippen molar-refractivity contribution in [3.05, 3.63) is 77.5 Å². The Hall–Kier alpha value is -3.08. The van der Waals surface area contributed by atoms with Crippen LogP contribution in [0.3, 0.4) is 0 Å². The van der Waals surface area contributed by atoms with Gasteiger partial charge in [0.2, 0.25) is 5.95 Å². The Kier molecular flexibility index (Phi) is 6.26. The van der Waals surface area contributed by atoms with E-state index in [1.807, 2.05) is 50.4 Å². The SMILES string of the molecule is COc1cccc(CCNc2cc(C)nc(N(C)Cc3ccccc3)n2)c1. The van der Waals surface area contributed by atoms with Gasteiger partial charge in [0.1, 0.15) is 11.6 Å². The zero-order chi connectivity index (χ0) is 19.1. The summed E-state index contributed by atoms with van der Waals surface area (Å²) in [6.45, 7) is 3.56. The molecule has 27 heavy (non-hydrogen) atoms. The third kappa shape index (κ3) is 5.45. The van der Waals surface area contributed by atoms with E-state index in [0.717, 1.165) is 42.7 Å². The number of benzene rings is 2. The number of ether oxygens (including phenoxy) is 1. The van der Waals surface area contributed by atoms with E-state index in [-0.39, 0.29) is 0 Å². The summed E-state index contributed by atoms with van der Waals surface area (Å²) in [5.74, 6) is 2.46. The summed E-state index contributed by atoms with van der Waals surface area (Å²) >= 11 is 0. The van der Waals surface area contributed by atoms with Gasteiger partial charge in [0, 0.05) is 31.9 Å².